The van der Waals surface area contributed by atoms with E-state index in [9.17, 15) is 37.2 Å². The zero-order chi connectivity index (χ0) is 24.4. The Labute approximate surface area is 181 Å². The molecule has 0 N–H and O–H groups in total. The van der Waals surface area contributed by atoms with Crippen LogP contribution >= 0.6 is 0 Å². The molecule has 0 bridgehead atoms. The molecule has 0 aliphatic heterocycles. The van der Waals surface area contributed by atoms with Crippen molar-refractivity contribution in [1.29, 1.82) is 5.26 Å². The van der Waals surface area contributed by atoms with Crippen molar-refractivity contribution in [2.45, 2.75) is 46.8 Å². The Morgan fingerprint density at radius 3 is 2.09 bits per heavy atom. The predicted molar refractivity (Wildman–Crippen MR) is 102 cm³/mol. The normalized spacial score (nSPS) is 19.3. The highest BCUT2D eigenvalue weighted by Gasteiger charge is 2.62. The van der Waals surface area contributed by atoms with Crippen LogP contribution in [0, 0.1) is 51.9 Å². The van der Waals surface area contributed by atoms with E-state index >= 15 is 0 Å². The third kappa shape index (κ3) is 4.82. The Morgan fingerprint density at radius 1 is 1.09 bits per heavy atom. The van der Waals surface area contributed by atoms with Crippen LogP contribution < -0.4 is 0 Å². The standard InChI is InChI=1S/C22H21F4NO5/c1-10(2)32-20(29)11(8-27)7-14-15(22(14,3)4)21(30)31-9-13-18(25)16(23)12(5-6-28)17(24)19(13)26/h6-7,10,14-15H,5,9H2,1-4H3. The first kappa shape index (κ1) is 25.0. The number of carbonyl (C=O) groups excluding carboxylic acids is 3. The molecule has 0 heterocycles. The fourth-order valence-corrected chi connectivity index (χ4v) is 3.39. The lowest BCUT2D eigenvalue weighted by Gasteiger charge is -2.11. The molecule has 2 atom stereocenters. The number of nitriles is 1. The minimum atomic E-state index is -1.76. The van der Waals surface area contributed by atoms with E-state index in [1.54, 1.807) is 33.8 Å². The molecule has 0 amide bonds. The van der Waals surface area contributed by atoms with Crippen LogP contribution in [0.15, 0.2) is 11.6 Å². The Kier molecular flexibility index (Phi) is 7.44. The van der Waals surface area contributed by atoms with Crippen LogP contribution in [0.4, 0.5) is 17.6 Å². The Balaban J connectivity index is 2.19. The molecular weight excluding hydrogens is 434 g/mol. The molecule has 6 nitrogen and oxygen atoms in total. The molecular formula is C22H21F4NO5. The second-order valence-corrected chi connectivity index (χ2v) is 8.16. The van der Waals surface area contributed by atoms with Gasteiger partial charge >= 0.3 is 11.9 Å². The number of allylic oxidation sites excluding steroid dienone is 1. The van der Waals surface area contributed by atoms with Crippen LogP contribution in [0.2, 0.25) is 0 Å². The van der Waals surface area contributed by atoms with Crippen LogP contribution in [0.5, 0.6) is 0 Å². The number of benzene rings is 1. The molecule has 0 spiro atoms. The summed E-state index contributed by atoms with van der Waals surface area (Å²) in [7, 11) is 0. The first-order valence-electron chi connectivity index (χ1n) is 9.65. The zero-order valence-electron chi connectivity index (χ0n) is 17.8. The number of esters is 2. The highest BCUT2D eigenvalue weighted by Crippen LogP contribution is 2.60. The summed E-state index contributed by atoms with van der Waals surface area (Å²) < 4.78 is 66.0. The van der Waals surface area contributed by atoms with Crippen molar-refractivity contribution < 1.29 is 41.4 Å². The van der Waals surface area contributed by atoms with Crippen molar-refractivity contribution in [2.24, 2.45) is 17.3 Å². The Hall–Kier alpha value is -3.22. The average Bonchev–Trinajstić information content (AvgIpc) is 3.26. The van der Waals surface area contributed by atoms with Gasteiger partial charge in [0.25, 0.3) is 0 Å². The van der Waals surface area contributed by atoms with Crippen molar-refractivity contribution in [2.75, 3.05) is 0 Å². The third-order valence-electron chi connectivity index (χ3n) is 5.29. The molecule has 1 aliphatic carbocycles. The van der Waals surface area contributed by atoms with Crippen molar-refractivity contribution in [3.63, 3.8) is 0 Å². The van der Waals surface area contributed by atoms with Crippen LogP contribution in [0.25, 0.3) is 0 Å². The lowest BCUT2D eigenvalue weighted by molar-refractivity contribution is -0.148. The molecule has 0 radical (unpaired) electrons. The molecule has 1 saturated carbocycles. The minimum absolute atomic E-state index is 0.0926. The molecule has 2 rings (SSSR count). The summed E-state index contributed by atoms with van der Waals surface area (Å²) in [5, 5.41) is 9.20. The van der Waals surface area contributed by atoms with Crippen molar-refractivity contribution in [3.05, 3.63) is 46.0 Å². The molecule has 1 aromatic carbocycles. The van der Waals surface area contributed by atoms with Crippen LogP contribution in [0.1, 0.15) is 38.8 Å². The smallest absolute Gasteiger partial charge is 0.348 e. The van der Waals surface area contributed by atoms with E-state index in [0.29, 0.717) is 0 Å². The second-order valence-electron chi connectivity index (χ2n) is 8.16. The van der Waals surface area contributed by atoms with Crippen molar-refractivity contribution in [1.82, 2.24) is 0 Å². The van der Waals surface area contributed by atoms with Gasteiger partial charge in [-0.25, -0.2) is 22.4 Å². The molecule has 2 unspecified atom stereocenters. The Morgan fingerprint density at radius 2 is 1.62 bits per heavy atom. The van der Waals surface area contributed by atoms with Gasteiger partial charge in [0.05, 0.1) is 17.6 Å². The van der Waals surface area contributed by atoms with Crippen LogP contribution in [-0.4, -0.2) is 24.3 Å². The van der Waals surface area contributed by atoms with Crippen LogP contribution in [0.3, 0.4) is 0 Å². The van der Waals surface area contributed by atoms with Gasteiger partial charge in [-0.3, -0.25) is 4.79 Å². The summed E-state index contributed by atoms with van der Waals surface area (Å²) in [6, 6.07) is 1.70. The van der Waals surface area contributed by atoms with E-state index in [1.807, 2.05) is 0 Å². The van der Waals surface area contributed by atoms with Gasteiger partial charge in [-0.05, 0) is 25.2 Å². The number of halogens is 4. The lowest BCUT2D eigenvalue weighted by atomic mass is 10.1. The van der Waals surface area contributed by atoms with E-state index in [1.165, 1.54) is 6.08 Å². The molecule has 1 aliphatic rings. The summed E-state index contributed by atoms with van der Waals surface area (Å²) in [5.41, 5.74) is -3.25. The molecule has 1 aromatic rings. The maximum atomic E-state index is 14.1. The maximum absolute atomic E-state index is 14.1. The monoisotopic (exact) mass is 455 g/mol. The summed E-state index contributed by atoms with van der Waals surface area (Å²) >= 11 is 0. The number of ether oxygens (including phenoxy) is 2. The zero-order valence-corrected chi connectivity index (χ0v) is 17.8. The first-order valence-corrected chi connectivity index (χ1v) is 9.65. The van der Waals surface area contributed by atoms with Gasteiger partial charge in [-0.2, -0.15) is 5.26 Å². The molecule has 0 saturated heterocycles. The van der Waals surface area contributed by atoms with Gasteiger partial charge in [0.15, 0.2) is 23.3 Å². The van der Waals surface area contributed by atoms with Gasteiger partial charge in [-0.1, -0.05) is 19.9 Å². The predicted octanol–water partition coefficient (Wildman–Crippen LogP) is 3.70. The second kappa shape index (κ2) is 9.51. The van der Waals surface area contributed by atoms with E-state index in [0.717, 1.165) is 0 Å². The maximum Gasteiger partial charge on any atom is 0.348 e. The largest absolute Gasteiger partial charge is 0.460 e. The molecule has 1 fully saturated rings. The highest BCUT2D eigenvalue weighted by atomic mass is 19.2. The molecule has 32 heavy (non-hydrogen) atoms. The number of nitrogens with zero attached hydrogens (tertiary/aromatic N) is 1. The van der Waals surface area contributed by atoms with E-state index < -0.39 is 82.7 Å². The molecule has 172 valence electrons. The third-order valence-corrected chi connectivity index (χ3v) is 5.29. The number of carbonyl (C=O) groups is 3. The lowest BCUT2D eigenvalue weighted by Crippen LogP contribution is -2.15. The fourth-order valence-electron chi connectivity index (χ4n) is 3.39. The van der Waals surface area contributed by atoms with E-state index in [4.69, 9.17) is 9.47 Å². The van der Waals surface area contributed by atoms with Gasteiger partial charge < -0.3 is 14.3 Å². The number of aldehydes is 1. The van der Waals surface area contributed by atoms with E-state index in [-0.39, 0.29) is 11.9 Å². The number of rotatable bonds is 8. The van der Waals surface area contributed by atoms with Gasteiger partial charge in [0, 0.05) is 12.0 Å². The van der Waals surface area contributed by atoms with Crippen LogP contribution in [-0.2, 0) is 36.9 Å². The number of hydrogen-bond acceptors (Lipinski definition) is 6. The minimum Gasteiger partial charge on any atom is -0.460 e. The highest BCUT2D eigenvalue weighted by molar-refractivity contribution is 5.93. The molecule has 0 aromatic heterocycles. The number of hydrogen-bond donors (Lipinski definition) is 0. The SMILES string of the molecule is CC(C)OC(=O)C(C#N)=CC1C(C(=O)OCc2c(F)c(F)c(CC=O)c(F)c2F)C1(C)C. The van der Waals surface area contributed by atoms with Crippen molar-refractivity contribution >= 4 is 18.2 Å². The van der Waals surface area contributed by atoms with Gasteiger partial charge in [0.1, 0.15) is 24.5 Å². The first-order chi connectivity index (χ1) is 14.9. The molecule has 10 heteroatoms. The topological polar surface area (TPSA) is 93.5 Å². The van der Waals surface area contributed by atoms with Gasteiger partial charge in [-0.15, -0.1) is 0 Å². The summed E-state index contributed by atoms with van der Waals surface area (Å²) in [4.78, 5) is 34.9. The van der Waals surface area contributed by atoms with E-state index in [2.05, 4.69) is 0 Å². The Bertz CT molecular complexity index is 997. The summed E-state index contributed by atoms with van der Waals surface area (Å²) in [6.07, 6.45) is 0.0348. The fraction of sp³-hybridized carbons (Fsp3) is 0.455. The average molecular weight is 455 g/mol. The van der Waals surface area contributed by atoms with Gasteiger partial charge in [0.2, 0.25) is 0 Å². The summed E-state index contributed by atoms with van der Waals surface area (Å²) in [5.74, 6) is -10.3. The summed E-state index contributed by atoms with van der Waals surface area (Å²) in [6.45, 7) is 5.41. The quantitative estimate of drug-likeness (QED) is 0.148. The van der Waals surface area contributed by atoms with Crippen molar-refractivity contribution in [3.8, 4) is 6.07 Å².